The first-order chi connectivity index (χ1) is 17.3. The molecule has 1 aliphatic rings. The Labute approximate surface area is 205 Å². The maximum absolute atomic E-state index is 14.8. The van der Waals surface area contributed by atoms with Gasteiger partial charge >= 0.3 is 18.0 Å². The minimum absolute atomic E-state index is 0.0249. The van der Waals surface area contributed by atoms with E-state index in [-0.39, 0.29) is 42.7 Å². The van der Waals surface area contributed by atoms with Gasteiger partial charge in [0.25, 0.3) is 0 Å². The molecule has 0 spiro atoms. The Bertz CT molecular complexity index is 1260. The van der Waals surface area contributed by atoms with Crippen LogP contribution in [0.2, 0.25) is 0 Å². The molecule has 7 nitrogen and oxygen atoms in total. The molecule has 2 aromatic carbocycles. The van der Waals surface area contributed by atoms with E-state index in [9.17, 15) is 35.5 Å². The average Bonchev–Trinajstić information content (AvgIpc) is 3.23. The summed E-state index contributed by atoms with van der Waals surface area (Å²) in [5, 5.41) is 6.05. The van der Waals surface area contributed by atoms with Crippen LogP contribution in [0, 0.1) is 5.82 Å². The van der Waals surface area contributed by atoms with Crippen molar-refractivity contribution in [1.82, 2.24) is 20.1 Å². The molecule has 1 saturated heterocycles. The van der Waals surface area contributed by atoms with Gasteiger partial charge in [-0.3, -0.25) is 9.88 Å². The highest BCUT2D eigenvalue weighted by molar-refractivity contribution is 5.34. The molecule has 2 N–H and O–H groups in total. The van der Waals surface area contributed by atoms with Gasteiger partial charge in [-0.2, -0.15) is 31.4 Å². The Morgan fingerprint density at radius 1 is 1.11 bits per heavy atom. The topological polar surface area (TPSA) is 83.2 Å². The Morgan fingerprint density at radius 3 is 2.32 bits per heavy atom. The van der Waals surface area contributed by atoms with E-state index in [1.165, 1.54) is 25.1 Å². The molecule has 37 heavy (non-hydrogen) atoms. The number of rotatable bonds is 6. The van der Waals surface area contributed by atoms with Crippen LogP contribution in [0.25, 0.3) is 0 Å². The van der Waals surface area contributed by atoms with Crippen LogP contribution in [-0.2, 0) is 28.4 Å². The molecule has 2 heterocycles. The van der Waals surface area contributed by atoms with Crippen LogP contribution in [0.4, 0.5) is 30.7 Å². The van der Waals surface area contributed by atoms with Crippen LogP contribution >= 0.6 is 0 Å². The van der Waals surface area contributed by atoms with E-state index in [1.54, 1.807) is 11.0 Å². The maximum Gasteiger partial charge on any atom is 0.416 e. The summed E-state index contributed by atoms with van der Waals surface area (Å²) in [6, 6.07) is 5.89. The number of alkyl halides is 6. The molecule has 0 aliphatic carbocycles. The number of morpholine rings is 1. The van der Waals surface area contributed by atoms with Crippen molar-refractivity contribution >= 4 is 0 Å². The van der Waals surface area contributed by atoms with E-state index in [4.69, 9.17) is 9.47 Å². The summed E-state index contributed by atoms with van der Waals surface area (Å²) in [7, 11) is 0. The van der Waals surface area contributed by atoms with Gasteiger partial charge in [0, 0.05) is 12.1 Å². The predicted octanol–water partition coefficient (Wildman–Crippen LogP) is 4.95. The molecule has 14 heteroatoms. The van der Waals surface area contributed by atoms with Gasteiger partial charge in [-0.1, -0.05) is 18.2 Å². The Hall–Kier alpha value is -3.23. The van der Waals surface area contributed by atoms with Gasteiger partial charge < -0.3 is 9.47 Å². The van der Waals surface area contributed by atoms with E-state index >= 15 is 0 Å². The second-order valence-electron chi connectivity index (χ2n) is 8.42. The number of halogens is 7. The van der Waals surface area contributed by atoms with Crippen molar-refractivity contribution in [3.8, 4) is 0 Å². The highest BCUT2D eigenvalue weighted by atomic mass is 19.4. The number of aromatic amines is 2. The second kappa shape index (κ2) is 10.3. The van der Waals surface area contributed by atoms with E-state index in [2.05, 4.69) is 15.2 Å². The lowest BCUT2D eigenvalue weighted by molar-refractivity contribution is -0.231. The lowest BCUT2D eigenvalue weighted by Gasteiger charge is -2.41. The van der Waals surface area contributed by atoms with E-state index in [0.29, 0.717) is 12.1 Å². The molecule has 200 valence electrons. The van der Waals surface area contributed by atoms with Crippen LogP contribution in [0.15, 0.2) is 47.3 Å². The average molecular weight is 534 g/mol. The first-order valence-electron chi connectivity index (χ1n) is 11.0. The molecule has 0 unspecified atom stereocenters. The molecule has 3 atom stereocenters. The minimum Gasteiger partial charge on any atom is -0.349 e. The third kappa shape index (κ3) is 6.19. The van der Waals surface area contributed by atoms with Crippen molar-refractivity contribution in [2.45, 2.75) is 44.3 Å². The SMILES string of the molecule is C[C@@H](O[C@H]1OCCN(Cc2n[nH]c(=O)[nH]2)[C@H]1c1ccccc1F)c1cc(C(F)(F)F)cc(C(F)(F)F)c1. The third-order valence-corrected chi connectivity index (χ3v) is 5.86. The van der Waals surface area contributed by atoms with Gasteiger partial charge in [-0.05, 0) is 36.8 Å². The van der Waals surface area contributed by atoms with Crippen molar-refractivity contribution in [3.63, 3.8) is 0 Å². The zero-order valence-corrected chi connectivity index (χ0v) is 19.2. The largest absolute Gasteiger partial charge is 0.416 e. The number of nitrogens with zero attached hydrogens (tertiary/aromatic N) is 2. The lowest BCUT2D eigenvalue weighted by atomic mass is 10.0. The van der Waals surface area contributed by atoms with Crippen LogP contribution in [0.3, 0.4) is 0 Å². The maximum atomic E-state index is 14.8. The summed E-state index contributed by atoms with van der Waals surface area (Å²) in [6.45, 7) is 1.59. The van der Waals surface area contributed by atoms with Crippen LogP contribution in [-0.4, -0.2) is 39.5 Å². The fourth-order valence-corrected chi connectivity index (χ4v) is 4.10. The molecule has 0 radical (unpaired) electrons. The summed E-state index contributed by atoms with van der Waals surface area (Å²) in [4.78, 5) is 15.6. The summed E-state index contributed by atoms with van der Waals surface area (Å²) >= 11 is 0. The van der Waals surface area contributed by atoms with Crippen LogP contribution in [0.5, 0.6) is 0 Å². The van der Waals surface area contributed by atoms with Crippen LogP contribution < -0.4 is 5.69 Å². The monoisotopic (exact) mass is 534 g/mol. The second-order valence-corrected chi connectivity index (χ2v) is 8.42. The zero-order valence-electron chi connectivity index (χ0n) is 19.2. The van der Waals surface area contributed by atoms with Gasteiger partial charge in [0.05, 0.1) is 36.4 Å². The first-order valence-corrected chi connectivity index (χ1v) is 11.0. The Kier molecular flexibility index (Phi) is 7.44. The minimum atomic E-state index is -5.02. The molecular formula is C23H21F7N4O3. The van der Waals surface area contributed by atoms with Crippen molar-refractivity contribution in [1.29, 1.82) is 0 Å². The normalized spacial score (nSPS) is 20.2. The van der Waals surface area contributed by atoms with Crippen molar-refractivity contribution in [2.75, 3.05) is 13.2 Å². The van der Waals surface area contributed by atoms with E-state index in [1.807, 2.05) is 0 Å². The van der Waals surface area contributed by atoms with Crippen molar-refractivity contribution in [3.05, 3.63) is 86.8 Å². The van der Waals surface area contributed by atoms with Gasteiger partial charge in [-0.15, -0.1) is 0 Å². The fourth-order valence-electron chi connectivity index (χ4n) is 4.10. The Balaban J connectivity index is 1.68. The molecule has 1 aliphatic heterocycles. The van der Waals surface area contributed by atoms with Gasteiger partial charge in [0.1, 0.15) is 11.6 Å². The molecule has 1 fully saturated rings. The number of nitrogens with one attached hydrogen (secondary N) is 2. The van der Waals surface area contributed by atoms with Gasteiger partial charge in [0.15, 0.2) is 6.29 Å². The summed E-state index contributed by atoms with van der Waals surface area (Å²) in [5.41, 5.74) is -3.78. The van der Waals surface area contributed by atoms with E-state index < -0.39 is 53.4 Å². The first kappa shape index (κ1) is 26.8. The molecule has 3 aromatic rings. The number of benzene rings is 2. The Morgan fingerprint density at radius 2 is 1.76 bits per heavy atom. The molecule has 1 aromatic heterocycles. The third-order valence-electron chi connectivity index (χ3n) is 5.86. The van der Waals surface area contributed by atoms with Gasteiger partial charge in [-0.25, -0.2) is 14.3 Å². The van der Waals surface area contributed by atoms with Crippen LogP contribution in [0.1, 0.15) is 47.1 Å². The highest BCUT2D eigenvalue weighted by Crippen LogP contribution is 2.40. The quantitative estimate of drug-likeness (QED) is 0.438. The molecule has 4 rings (SSSR count). The number of H-pyrrole nitrogens is 2. The van der Waals surface area contributed by atoms with Gasteiger partial charge in [0.2, 0.25) is 0 Å². The smallest absolute Gasteiger partial charge is 0.349 e. The summed E-state index contributed by atoms with van der Waals surface area (Å²) < 4.78 is 106. The number of hydrogen-bond acceptors (Lipinski definition) is 5. The zero-order chi connectivity index (χ0) is 27.0. The summed E-state index contributed by atoms with van der Waals surface area (Å²) in [6.07, 6.45) is -12.6. The molecule has 0 bridgehead atoms. The molecule has 0 amide bonds. The number of hydrogen-bond donors (Lipinski definition) is 2. The standard InChI is InChI=1S/C23H21F7N4O3/c1-12(13-8-14(22(25,26)27)10-15(9-13)23(28,29)30)37-20-19(16-4-2-3-5-17(16)24)34(6-7-36-20)11-18-31-21(35)33-32-18/h2-5,8-10,12,19-20H,6-7,11H2,1H3,(H2,31,32,33,35)/t12-,19+,20-/m1/s1. The van der Waals surface area contributed by atoms with Crippen molar-refractivity contribution in [2.24, 2.45) is 0 Å². The summed E-state index contributed by atoms with van der Waals surface area (Å²) in [5.74, 6) is -0.397. The molecule has 0 saturated carbocycles. The number of aromatic nitrogens is 3. The predicted molar refractivity (Wildman–Crippen MR) is 114 cm³/mol. The van der Waals surface area contributed by atoms with E-state index in [0.717, 1.165) is 0 Å². The molecular weight excluding hydrogens is 513 g/mol. The van der Waals surface area contributed by atoms with Crippen molar-refractivity contribution < 1.29 is 40.2 Å². The fraction of sp³-hybridized carbons (Fsp3) is 0.391. The number of ether oxygens (including phenoxy) is 2. The lowest BCUT2D eigenvalue weighted by Crippen LogP contribution is -2.46. The highest BCUT2D eigenvalue weighted by Gasteiger charge is 2.40.